The zero-order chi connectivity index (χ0) is 17.9. The summed E-state index contributed by atoms with van der Waals surface area (Å²) in [6, 6.07) is 10.8. The van der Waals surface area contributed by atoms with Crippen molar-refractivity contribution in [2.45, 2.75) is 38.3 Å². The lowest BCUT2D eigenvalue weighted by molar-refractivity contribution is 0.0957. The Hall–Kier alpha value is -2.40. The summed E-state index contributed by atoms with van der Waals surface area (Å²) in [5.74, 6) is 0.355. The Morgan fingerprint density at radius 3 is 2.96 bits per heavy atom. The van der Waals surface area contributed by atoms with Gasteiger partial charge in [-0.25, -0.2) is 0 Å². The van der Waals surface area contributed by atoms with Gasteiger partial charge in [0.1, 0.15) is 5.69 Å². The Kier molecular flexibility index (Phi) is 4.89. The maximum absolute atomic E-state index is 12.2. The average molecular weight is 366 g/mol. The molecular formula is C20H22N4OS. The highest BCUT2D eigenvalue weighted by Gasteiger charge is 2.29. The molecule has 4 rings (SSSR count). The van der Waals surface area contributed by atoms with Gasteiger partial charge >= 0.3 is 0 Å². The predicted molar refractivity (Wildman–Crippen MR) is 106 cm³/mol. The van der Waals surface area contributed by atoms with Crippen LogP contribution in [0, 0.1) is 0 Å². The first-order chi connectivity index (χ1) is 12.8. The minimum atomic E-state index is -0.174. The van der Waals surface area contributed by atoms with Crippen LogP contribution in [0.25, 0.3) is 0 Å². The third-order valence-corrected chi connectivity index (χ3v) is 5.35. The van der Waals surface area contributed by atoms with Crippen LogP contribution in [0.3, 0.4) is 0 Å². The standard InChI is InChI=1S/C20H22N4OS/c25-20-19-17(9-11-22-19)24(18(13-26)23-20)12-14-6-3-4-7-15(14)16-8-2-1-5-10-21-16/h3-4,6-7,9,11,16,21-22H,1-2,5,8,10,12H2,(H,23,25)/t16-/m1/s1. The molecule has 2 aliphatic heterocycles. The lowest BCUT2D eigenvalue weighted by Crippen LogP contribution is -2.41. The molecule has 1 atom stereocenters. The smallest absolute Gasteiger partial charge is 0.275 e. The van der Waals surface area contributed by atoms with Crippen LogP contribution < -0.4 is 15.5 Å². The lowest BCUT2D eigenvalue weighted by atomic mass is 9.96. The number of carbonyl (C=O) groups excluding carboxylic acids is 1. The maximum atomic E-state index is 12.2. The molecule has 0 spiro atoms. The zero-order valence-corrected chi connectivity index (χ0v) is 15.4. The summed E-state index contributed by atoms with van der Waals surface area (Å²) in [6.07, 6.45) is 6.70. The minimum absolute atomic E-state index is 0.174. The summed E-state index contributed by atoms with van der Waals surface area (Å²) in [7, 11) is 0. The quantitative estimate of drug-likeness (QED) is 0.729. The van der Waals surface area contributed by atoms with Crippen LogP contribution in [-0.4, -0.2) is 22.5 Å². The van der Waals surface area contributed by atoms with Crippen LogP contribution in [0.5, 0.6) is 0 Å². The van der Waals surface area contributed by atoms with E-state index in [9.17, 15) is 4.79 Å². The zero-order valence-electron chi connectivity index (χ0n) is 14.5. The van der Waals surface area contributed by atoms with Crippen LogP contribution in [-0.2, 0) is 6.54 Å². The summed E-state index contributed by atoms with van der Waals surface area (Å²) < 4.78 is 0. The van der Waals surface area contributed by atoms with Crippen molar-refractivity contribution in [3.8, 4) is 0 Å². The molecule has 0 saturated carbocycles. The van der Waals surface area contributed by atoms with Gasteiger partial charge in [0.15, 0.2) is 5.82 Å². The van der Waals surface area contributed by atoms with E-state index in [0.29, 0.717) is 24.1 Å². The number of thiocarbonyl (C=S) groups is 1. The van der Waals surface area contributed by atoms with E-state index in [1.54, 1.807) is 6.20 Å². The highest BCUT2D eigenvalue weighted by Crippen LogP contribution is 2.31. The molecule has 0 bridgehead atoms. The van der Waals surface area contributed by atoms with Gasteiger partial charge < -0.3 is 15.2 Å². The largest absolute Gasteiger partial charge is 0.355 e. The SMILES string of the molecule is O=C1NC(=C=S)N(Cc2ccccc2[C@H]2CCCCCN2)c2cc[nH]c21. The molecule has 5 nitrogen and oxygen atoms in total. The number of aromatic nitrogens is 1. The number of rotatable bonds is 3. The number of carbonyl (C=O) groups is 1. The molecule has 1 fully saturated rings. The second kappa shape index (κ2) is 7.46. The number of nitrogens with zero attached hydrogens (tertiary/aromatic N) is 1. The van der Waals surface area contributed by atoms with Crippen LogP contribution in [0.15, 0.2) is 42.3 Å². The number of H-pyrrole nitrogens is 1. The normalized spacial score (nSPS) is 20.2. The van der Waals surface area contributed by atoms with Crippen LogP contribution in [0.2, 0.25) is 0 Å². The average Bonchev–Trinajstić information content (AvgIpc) is 3.01. The number of benzene rings is 1. The fraction of sp³-hybridized carbons (Fsp3) is 0.350. The molecule has 2 aliphatic rings. The Labute approximate surface area is 158 Å². The van der Waals surface area contributed by atoms with Crippen molar-refractivity contribution < 1.29 is 4.79 Å². The number of nitrogens with one attached hydrogen (secondary N) is 3. The molecule has 3 N–H and O–H groups in total. The molecule has 1 amide bonds. The molecule has 0 unspecified atom stereocenters. The fourth-order valence-electron chi connectivity index (χ4n) is 3.85. The molecule has 26 heavy (non-hydrogen) atoms. The lowest BCUT2D eigenvalue weighted by Gasteiger charge is -2.31. The van der Waals surface area contributed by atoms with E-state index in [0.717, 1.165) is 18.7 Å². The second-order valence-corrected chi connectivity index (χ2v) is 6.99. The monoisotopic (exact) mass is 366 g/mol. The molecule has 3 heterocycles. The summed E-state index contributed by atoms with van der Waals surface area (Å²) in [5.41, 5.74) is 3.96. The third-order valence-electron chi connectivity index (χ3n) is 5.16. The van der Waals surface area contributed by atoms with Crippen molar-refractivity contribution in [3.63, 3.8) is 0 Å². The van der Waals surface area contributed by atoms with Gasteiger partial charge in [0.05, 0.1) is 12.2 Å². The summed E-state index contributed by atoms with van der Waals surface area (Å²) in [4.78, 5) is 17.2. The van der Waals surface area contributed by atoms with Gasteiger partial charge in [0.25, 0.3) is 5.91 Å². The number of aromatic amines is 1. The second-order valence-electron chi connectivity index (χ2n) is 6.78. The van der Waals surface area contributed by atoms with Crippen LogP contribution >= 0.6 is 12.2 Å². The van der Waals surface area contributed by atoms with E-state index in [1.807, 2.05) is 11.0 Å². The van der Waals surface area contributed by atoms with Gasteiger partial charge in [-0.1, -0.05) is 37.1 Å². The van der Waals surface area contributed by atoms with Gasteiger partial charge in [0, 0.05) is 12.2 Å². The van der Waals surface area contributed by atoms with E-state index in [-0.39, 0.29) is 5.91 Å². The van der Waals surface area contributed by atoms with Crippen LogP contribution in [0.4, 0.5) is 5.69 Å². The first-order valence-electron chi connectivity index (χ1n) is 9.10. The number of anilines is 1. The van der Waals surface area contributed by atoms with Crippen molar-refractivity contribution in [2.75, 3.05) is 11.4 Å². The molecule has 1 aromatic heterocycles. The van der Waals surface area contributed by atoms with E-state index in [1.165, 1.54) is 30.4 Å². The van der Waals surface area contributed by atoms with E-state index < -0.39 is 0 Å². The molecule has 6 heteroatoms. The molecule has 134 valence electrons. The molecule has 1 aromatic carbocycles. The minimum Gasteiger partial charge on any atom is -0.355 e. The Balaban J connectivity index is 1.68. The molecular weight excluding hydrogens is 344 g/mol. The van der Waals surface area contributed by atoms with Crippen molar-refractivity contribution >= 4 is 28.8 Å². The number of hydrogen-bond donors (Lipinski definition) is 3. The van der Waals surface area contributed by atoms with E-state index >= 15 is 0 Å². The number of amides is 1. The van der Waals surface area contributed by atoms with Gasteiger partial charge in [0.2, 0.25) is 0 Å². The van der Waals surface area contributed by atoms with Crippen molar-refractivity contribution in [3.05, 3.63) is 59.2 Å². The molecule has 0 aliphatic carbocycles. The number of hydrogen-bond acceptors (Lipinski definition) is 4. The number of fused-ring (bicyclic) bond motifs is 1. The fourth-order valence-corrected chi connectivity index (χ4v) is 4.01. The predicted octanol–water partition coefficient (Wildman–Crippen LogP) is 3.41. The first-order valence-corrected chi connectivity index (χ1v) is 9.51. The Morgan fingerprint density at radius 1 is 1.19 bits per heavy atom. The van der Waals surface area contributed by atoms with Crippen molar-refractivity contribution in [1.29, 1.82) is 0 Å². The van der Waals surface area contributed by atoms with Crippen LogP contribution in [0.1, 0.15) is 53.3 Å². The van der Waals surface area contributed by atoms with Crippen molar-refractivity contribution in [2.24, 2.45) is 0 Å². The highest BCUT2D eigenvalue weighted by molar-refractivity contribution is 7.78. The topological polar surface area (TPSA) is 60.2 Å². The van der Waals surface area contributed by atoms with Gasteiger partial charge in [-0.05, 0) is 53.8 Å². The van der Waals surface area contributed by atoms with Gasteiger partial charge in [-0.2, -0.15) is 0 Å². The molecule has 1 saturated heterocycles. The molecule has 2 aromatic rings. The van der Waals surface area contributed by atoms with Gasteiger partial charge in [-0.3, -0.25) is 10.1 Å². The Morgan fingerprint density at radius 2 is 2.08 bits per heavy atom. The van der Waals surface area contributed by atoms with E-state index in [2.05, 4.69) is 44.9 Å². The first kappa shape index (κ1) is 17.0. The highest BCUT2D eigenvalue weighted by atomic mass is 32.1. The molecule has 0 radical (unpaired) electrons. The summed E-state index contributed by atoms with van der Waals surface area (Å²) in [5, 5.41) is 9.22. The maximum Gasteiger partial charge on any atom is 0.275 e. The van der Waals surface area contributed by atoms with Crippen molar-refractivity contribution in [1.82, 2.24) is 15.6 Å². The summed E-state index contributed by atoms with van der Waals surface area (Å²) >= 11 is 5.03. The third kappa shape index (κ3) is 3.19. The van der Waals surface area contributed by atoms with E-state index in [4.69, 9.17) is 12.2 Å². The van der Waals surface area contributed by atoms with Gasteiger partial charge in [-0.15, -0.1) is 0 Å². The Bertz CT molecular complexity index is 860. The summed E-state index contributed by atoms with van der Waals surface area (Å²) in [6.45, 7) is 1.70.